The van der Waals surface area contributed by atoms with Crippen LogP contribution in [0.4, 0.5) is 0 Å². The van der Waals surface area contributed by atoms with Crippen LogP contribution in [0.5, 0.6) is 5.75 Å². The molecule has 0 N–H and O–H groups in total. The molecule has 14 heavy (non-hydrogen) atoms. The second kappa shape index (κ2) is 3.96. The number of halogens is 1. The molecular formula is C11H10BrNO. The minimum absolute atomic E-state index is 0.671. The lowest BCUT2D eigenvalue weighted by Crippen LogP contribution is -1.92. The van der Waals surface area contributed by atoms with Crippen molar-refractivity contribution in [1.82, 2.24) is 4.98 Å². The number of ether oxygens (including phenoxy) is 1. The van der Waals surface area contributed by atoms with Crippen LogP contribution in [0.1, 0.15) is 6.92 Å². The SMILES string of the molecule is CCOc1cc2cccnc2cc1Br. The molecule has 0 saturated heterocycles. The number of hydrogen-bond acceptors (Lipinski definition) is 2. The number of rotatable bonds is 2. The predicted molar refractivity (Wildman–Crippen MR) is 60.6 cm³/mol. The summed E-state index contributed by atoms with van der Waals surface area (Å²) < 4.78 is 6.42. The highest BCUT2D eigenvalue weighted by Crippen LogP contribution is 2.29. The molecule has 2 rings (SSSR count). The molecule has 0 aliphatic heterocycles. The van der Waals surface area contributed by atoms with Gasteiger partial charge in [-0.05, 0) is 41.1 Å². The largest absolute Gasteiger partial charge is 0.493 e. The van der Waals surface area contributed by atoms with Gasteiger partial charge in [0.1, 0.15) is 5.75 Å². The van der Waals surface area contributed by atoms with Gasteiger partial charge in [-0.25, -0.2) is 0 Å². The third-order valence-corrected chi connectivity index (χ3v) is 2.58. The van der Waals surface area contributed by atoms with Crippen molar-refractivity contribution in [1.29, 1.82) is 0 Å². The first-order valence-corrected chi connectivity index (χ1v) is 5.27. The first-order chi connectivity index (χ1) is 6.81. The van der Waals surface area contributed by atoms with Gasteiger partial charge < -0.3 is 4.74 Å². The van der Waals surface area contributed by atoms with Gasteiger partial charge in [0.15, 0.2) is 0 Å². The molecule has 0 spiro atoms. The van der Waals surface area contributed by atoms with Gasteiger partial charge in [-0.15, -0.1) is 0 Å². The maximum Gasteiger partial charge on any atom is 0.134 e. The highest BCUT2D eigenvalue weighted by Gasteiger charge is 2.03. The summed E-state index contributed by atoms with van der Waals surface area (Å²) in [5.74, 6) is 0.869. The van der Waals surface area contributed by atoms with E-state index in [0.717, 1.165) is 21.1 Å². The van der Waals surface area contributed by atoms with Gasteiger partial charge in [0.25, 0.3) is 0 Å². The van der Waals surface area contributed by atoms with Crippen molar-refractivity contribution in [2.45, 2.75) is 6.92 Å². The Labute approximate surface area is 91.0 Å². The fourth-order valence-corrected chi connectivity index (χ4v) is 1.79. The molecule has 0 fully saturated rings. The van der Waals surface area contributed by atoms with Gasteiger partial charge in [0.05, 0.1) is 16.6 Å². The highest BCUT2D eigenvalue weighted by molar-refractivity contribution is 9.10. The van der Waals surface area contributed by atoms with E-state index in [1.165, 1.54) is 0 Å². The fourth-order valence-electron chi connectivity index (χ4n) is 1.34. The summed E-state index contributed by atoms with van der Waals surface area (Å²) in [7, 11) is 0. The van der Waals surface area contributed by atoms with Crippen molar-refractivity contribution < 1.29 is 4.74 Å². The second-order valence-electron chi connectivity index (χ2n) is 2.91. The summed E-state index contributed by atoms with van der Waals surface area (Å²) in [4.78, 5) is 4.26. The van der Waals surface area contributed by atoms with Crippen molar-refractivity contribution >= 4 is 26.8 Å². The Kier molecular flexibility index (Phi) is 2.68. The zero-order chi connectivity index (χ0) is 9.97. The van der Waals surface area contributed by atoms with E-state index in [4.69, 9.17) is 4.74 Å². The van der Waals surface area contributed by atoms with Gasteiger partial charge in [0.2, 0.25) is 0 Å². The molecule has 3 heteroatoms. The smallest absolute Gasteiger partial charge is 0.134 e. The van der Waals surface area contributed by atoms with E-state index in [1.54, 1.807) is 6.20 Å². The predicted octanol–water partition coefficient (Wildman–Crippen LogP) is 3.40. The van der Waals surface area contributed by atoms with Crippen molar-refractivity contribution in [2.75, 3.05) is 6.61 Å². The van der Waals surface area contributed by atoms with Gasteiger partial charge in [-0.1, -0.05) is 6.07 Å². The lowest BCUT2D eigenvalue weighted by Gasteiger charge is -2.06. The first-order valence-electron chi connectivity index (χ1n) is 4.48. The number of hydrogen-bond donors (Lipinski definition) is 0. The maximum absolute atomic E-state index is 5.47. The summed E-state index contributed by atoms with van der Waals surface area (Å²) in [6.45, 7) is 2.64. The Bertz CT molecular complexity index is 456. The average Bonchev–Trinajstić information content (AvgIpc) is 2.19. The quantitative estimate of drug-likeness (QED) is 0.817. The van der Waals surface area contributed by atoms with E-state index >= 15 is 0 Å². The number of nitrogens with zero attached hydrogens (tertiary/aromatic N) is 1. The molecule has 1 heterocycles. The van der Waals surface area contributed by atoms with Crippen LogP contribution in [0, 0.1) is 0 Å². The van der Waals surface area contributed by atoms with E-state index in [0.29, 0.717) is 6.61 Å². The highest BCUT2D eigenvalue weighted by atomic mass is 79.9. The Morgan fingerprint density at radius 3 is 3.07 bits per heavy atom. The molecule has 0 aliphatic rings. The number of pyridine rings is 1. The Morgan fingerprint density at radius 2 is 2.29 bits per heavy atom. The molecule has 2 aromatic rings. The molecular weight excluding hydrogens is 242 g/mol. The molecule has 0 aliphatic carbocycles. The van der Waals surface area contributed by atoms with E-state index in [-0.39, 0.29) is 0 Å². The van der Waals surface area contributed by atoms with Crippen LogP contribution in [-0.4, -0.2) is 11.6 Å². The van der Waals surface area contributed by atoms with Crippen LogP contribution in [0.3, 0.4) is 0 Å². The van der Waals surface area contributed by atoms with Crippen molar-refractivity contribution in [3.8, 4) is 5.75 Å². The summed E-state index contributed by atoms with van der Waals surface area (Å²) in [6.07, 6.45) is 1.79. The zero-order valence-corrected chi connectivity index (χ0v) is 9.41. The molecule has 2 nitrogen and oxygen atoms in total. The first kappa shape index (κ1) is 9.46. The van der Waals surface area contributed by atoms with Gasteiger partial charge >= 0.3 is 0 Å². The fraction of sp³-hybridized carbons (Fsp3) is 0.182. The lowest BCUT2D eigenvalue weighted by molar-refractivity contribution is 0.338. The van der Waals surface area contributed by atoms with Gasteiger partial charge in [0, 0.05) is 11.6 Å². The number of fused-ring (bicyclic) bond motifs is 1. The van der Waals surface area contributed by atoms with Crippen LogP contribution in [-0.2, 0) is 0 Å². The number of benzene rings is 1. The molecule has 72 valence electrons. The maximum atomic E-state index is 5.47. The van der Waals surface area contributed by atoms with E-state index in [2.05, 4.69) is 20.9 Å². The monoisotopic (exact) mass is 251 g/mol. The average molecular weight is 252 g/mol. The van der Waals surface area contributed by atoms with Crippen molar-refractivity contribution in [3.05, 3.63) is 34.9 Å². The van der Waals surface area contributed by atoms with E-state index in [1.807, 2.05) is 31.2 Å². The zero-order valence-electron chi connectivity index (χ0n) is 7.83. The Morgan fingerprint density at radius 1 is 1.43 bits per heavy atom. The molecule has 1 aromatic carbocycles. The van der Waals surface area contributed by atoms with Crippen LogP contribution in [0.25, 0.3) is 10.9 Å². The molecule has 0 unspecified atom stereocenters. The summed E-state index contributed by atoms with van der Waals surface area (Å²) in [6, 6.07) is 7.92. The normalized spacial score (nSPS) is 10.4. The second-order valence-corrected chi connectivity index (χ2v) is 3.77. The summed E-state index contributed by atoms with van der Waals surface area (Å²) in [5.41, 5.74) is 0.975. The molecule has 0 saturated carbocycles. The third kappa shape index (κ3) is 1.73. The van der Waals surface area contributed by atoms with Gasteiger partial charge in [-0.3, -0.25) is 4.98 Å². The Balaban J connectivity index is 2.59. The van der Waals surface area contributed by atoms with Crippen LogP contribution in [0.2, 0.25) is 0 Å². The van der Waals surface area contributed by atoms with Crippen molar-refractivity contribution in [3.63, 3.8) is 0 Å². The lowest BCUT2D eigenvalue weighted by atomic mass is 10.2. The summed E-state index contributed by atoms with van der Waals surface area (Å²) >= 11 is 3.45. The van der Waals surface area contributed by atoms with Crippen LogP contribution >= 0.6 is 15.9 Å². The molecule has 1 aromatic heterocycles. The topological polar surface area (TPSA) is 22.1 Å². The third-order valence-electron chi connectivity index (χ3n) is 1.96. The number of aromatic nitrogens is 1. The minimum Gasteiger partial charge on any atom is -0.493 e. The van der Waals surface area contributed by atoms with Crippen LogP contribution < -0.4 is 4.74 Å². The molecule has 0 bridgehead atoms. The van der Waals surface area contributed by atoms with Crippen molar-refractivity contribution in [2.24, 2.45) is 0 Å². The van der Waals surface area contributed by atoms with Gasteiger partial charge in [-0.2, -0.15) is 0 Å². The standard InChI is InChI=1S/C11H10BrNO/c1-2-14-11-6-8-4-3-5-13-10(8)7-9(11)12/h3-7H,2H2,1H3. The minimum atomic E-state index is 0.671. The molecule has 0 atom stereocenters. The summed E-state index contributed by atoms with van der Waals surface area (Å²) in [5, 5.41) is 1.10. The van der Waals surface area contributed by atoms with E-state index < -0.39 is 0 Å². The molecule has 0 amide bonds. The Hall–Kier alpha value is -1.09. The van der Waals surface area contributed by atoms with E-state index in [9.17, 15) is 0 Å². The molecule has 0 radical (unpaired) electrons. The van der Waals surface area contributed by atoms with Crippen LogP contribution in [0.15, 0.2) is 34.9 Å².